The minimum Gasteiger partial charge on any atom is -0.497 e. The van der Waals surface area contributed by atoms with Crippen LogP contribution in [0.1, 0.15) is 0 Å². The van der Waals surface area contributed by atoms with Crippen LogP contribution in [0, 0.1) is 5.82 Å². The number of nitrogens with one attached hydrogen (secondary N) is 1. The summed E-state index contributed by atoms with van der Waals surface area (Å²) in [4.78, 5) is 4.19. The van der Waals surface area contributed by atoms with Crippen LogP contribution in [0.3, 0.4) is 0 Å². The van der Waals surface area contributed by atoms with E-state index < -0.39 is 15.7 Å². The lowest BCUT2D eigenvalue weighted by Crippen LogP contribution is -2.05. The van der Waals surface area contributed by atoms with Gasteiger partial charge in [0.1, 0.15) is 11.6 Å². The first kappa shape index (κ1) is 19.7. The van der Waals surface area contributed by atoms with Gasteiger partial charge >= 0.3 is 0 Å². The number of sulfone groups is 1. The fourth-order valence-corrected chi connectivity index (χ4v) is 4.11. The van der Waals surface area contributed by atoms with Gasteiger partial charge in [0.2, 0.25) is 26.6 Å². The van der Waals surface area contributed by atoms with Gasteiger partial charge in [-0.25, -0.2) is 12.8 Å². The second-order valence-corrected chi connectivity index (χ2v) is 8.17. The maximum atomic E-state index is 14.3. The third kappa shape index (κ3) is 3.77. The highest BCUT2D eigenvalue weighted by Gasteiger charge is 2.29. The zero-order valence-electron chi connectivity index (χ0n) is 15.9. The Morgan fingerprint density at radius 1 is 0.933 bits per heavy atom. The molecule has 6 nitrogen and oxygen atoms in total. The average molecular weight is 424 g/mol. The van der Waals surface area contributed by atoms with Crippen LogP contribution >= 0.6 is 0 Å². The van der Waals surface area contributed by atoms with Crippen molar-refractivity contribution in [2.75, 3.05) is 12.4 Å². The topological polar surface area (TPSA) is 81.4 Å². The molecule has 0 unspecified atom stereocenters. The molecule has 1 heterocycles. The molecule has 0 atom stereocenters. The second kappa shape index (κ2) is 8.00. The molecule has 4 rings (SSSR count). The van der Waals surface area contributed by atoms with E-state index in [4.69, 9.17) is 9.15 Å². The standard InChI is InChI=1S/C22H17FN2O4S/c1-28-16-13-11-15(12-14-16)24-21-22(30(26,27)17-7-3-2-4-8-17)25-20(29-21)18-9-5-6-10-19(18)23/h2-14,24H,1H3. The quantitative estimate of drug-likeness (QED) is 0.466. The number of hydrogen-bond acceptors (Lipinski definition) is 6. The molecule has 0 aliphatic rings. The van der Waals surface area contributed by atoms with Gasteiger partial charge < -0.3 is 14.5 Å². The van der Waals surface area contributed by atoms with Crippen molar-refractivity contribution in [1.82, 2.24) is 4.98 Å². The largest absolute Gasteiger partial charge is 0.497 e. The molecule has 0 fully saturated rings. The van der Waals surface area contributed by atoms with Crippen molar-refractivity contribution in [3.05, 3.63) is 84.7 Å². The Hall–Kier alpha value is -3.65. The highest BCUT2D eigenvalue weighted by atomic mass is 32.2. The van der Waals surface area contributed by atoms with Gasteiger partial charge in [-0.3, -0.25) is 0 Å². The minimum absolute atomic E-state index is 0.0520. The van der Waals surface area contributed by atoms with Gasteiger partial charge in [-0.15, -0.1) is 0 Å². The van der Waals surface area contributed by atoms with Crippen LogP contribution in [0.4, 0.5) is 16.0 Å². The van der Waals surface area contributed by atoms with Crippen LogP contribution in [0.2, 0.25) is 0 Å². The summed E-state index contributed by atoms with van der Waals surface area (Å²) in [6, 6.07) is 20.5. The molecule has 0 aliphatic heterocycles. The van der Waals surface area contributed by atoms with Gasteiger partial charge in [0.05, 0.1) is 17.6 Å². The van der Waals surface area contributed by atoms with E-state index in [0.717, 1.165) is 0 Å². The number of anilines is 2. The smallest absolute Gasteiger partial charge is 0.238 e. The van der Waals surface area contributed by atoms with E-state index >= 15 is 0 Å². The normalized spacial score (nSPS) is 11.3. The number of methoxy groups -OCH3 is 1. The molecular formula is C22H17FN2O4S. The number of aromatic nitrogens is 1. The molecule has 8 heteroatoms. The van der Waals surface area contributed by atoms with Gasteiger partial charge in [-0.2, -0.15) is 4.98 Å². The number of halogens is 1. The van der Waals surface area contributed by atoms with E-state index in [2.05, 4.69) is 10.3 Å². The van der Waals surface area contributed by atoms with Crippen molar-refractivity contribution in [3.63, 3.8) is 0 Å². The first-order valence-electron chi connectivity index (χ1n) is 8.96. The summed E-state index contributed by atoms with van der Waals surface area (Å²) in [6.07, 6.45) is 0. The molecular weight excluding hydrogens is 407 g/mol. The number of hydrogen-bond donors (Lipinski definition) is 1. The molecule has 3 aromatic carbocycles. The summed E-state index contributed by atoms with van der Waals surface area (Å²) in [5.41, 5.74) is 0.612. The molecule has 0 spiro atoms. The lowest BCUT2D eigenvalue weighted by atomic mass is 10.2. The van der Waals surface area contributed by atoms with Crippen molar-refractivity contribution < 1.29 is 22.0 Å². The fourth-order valence-electron chi connectivity index (χ4n) is 2.83. The van der Waals surface area contributed by atoms with E-state index in [1.165, 1.54) is 30.3 Å². The molecule has 1 N–H and O–H groups in total. The van der Waals surface area contributed by atoms with Crippen LogP contribution < -0.4 is 10.1 Å². The van der Waals surface area contributed by atoms with Crippen molar-refractivity contribution in [2.24, 2.45) is 0 Å². The van der Waals surface area contributed by atoms with E-state index in [0.29, 0.717) is 11.4 Å². The van der Waals surface area contributed by atoms with E-state index in [1.807, 2.05) is 0 Å². The molecule has 4 aromatic rings. The number of oxazole rings is 1. The summed E-state index contributed by atoms with van der Waals surface area (Å²) in [7, 11) is -2.47. The average Bonchev–Trinajstić information content (AvgIpc) is 3.19. The predicted molar refractivity (Wildman–Crippen MR) is 110 cm³/mol. The molecule has 152 valence electrons. The third-order valence-electron chi connectivity index (χ3n) is 4.36. The van der Waals surface area contributed by atoms with Gasteiger partial charge in [0.15, 0.2) is 0 Å². The van der Waals surface area contributed by atoms with Crippen molar-refractivity contribution >= 4 is 21.4 Å². The van der Waals surface area contributed by atoms with Gasteiger partial charge in [0, 0.05) is 5.69 Å². The van der Waals surface area contributed by atoms with Crippen molar-refractivity contribution in [2.45, 2.75) is 9.92 Å². The lowest BCUT2D eigenvalue weighted by molar-refractivity contribution is 0.415. The minimum atomic E-state index is -4.02. The molecule has 0 saturated heterocycles. The number of ether oxygens (including phenoxy) is 1. The van der Waals surface area contributed by atoms with Crippen LogP contribution in [0.25, 0.3) is 11.5 Å². The first-order valence-corrected chi connectivity index (χ1v) is 10.4. The lowest BCUT2D eigenvalue weighted by Gasteiger charge is -2.07. The van der Waals surface area contributed by atoms with Gasteiger partial charge in [0.25, 0.3) is 0 Å². The summed E-state index contributed by atoms with van der Waals surface area (Å²) in [5.74, 6) is -0.179. The Bertz CT molecular complexity index is 1270. The summed E-state index contributed by atoms with van der Waals surface area (Å²) >= 11 is 0. The van der Waals surface area contributed by atoms with Crippen LogP contribution in [-0.2, 0) is 9.84 Å². The summed E-state index contributed by atoms with van der Waals surface area (Å²) in [6.45, 7) is 0. The highest BCUT2D eigenvalue weighted by Crippen LogP contribution is 2.35. The molecule has 0 bridgehead atoms. The van der Waals surface area contributed by atoms with E-state index in [9.17, 15) is 12.8 Å². The zero-order valence-corrected chi connectivity index (χ0v) is 16.7. The third-order valence-corrected chi connectivity index (χ3v) is 6.03. The summed E-state index contributed by atoms with van der Waals surface area (Å²) in [5, 5.41) is 2.59. The van der Waals surface area contributed by atoms with Crippen LogP contribution in [-0.4, -0.2) is 20.5 Å². The molecule has 30 heavy (non-hydrogen) atoms. The summed E-state index contributed by atoms with van der Waals surface area (Å²) < 4.78 is 51.5. The Labute approximate surface area is 172 Å². The van der Waals surface area contributed by atoms with Crippen LogP contribution in [0.15, 0.2) is 93.2 Å². The monoisotopic (exact) mass is 424 g/mol. The predicted octanol–water partition coefficient (Wildman–Crippen LogP) is 5.07. The maximum absolute atomic E-state index is 14.3. The second-order valence-electron chi connectivity index (χ2n) is 6.30. The Kier molecular flexibility index (Phi) is 5.24. The van der Waals surface area contributed by atoms with E-state index in [-0.39, 0.29) is 27.3 Å². The molecule has 1 aromatic heterocycles. The zero-order chi connectivity index (χ0) is 21.1. The van der Waals surface area contributed by atoms with Gasteiger partial charge in [-0.1, -0.05) is 30.3 Å². The SMILES string of the molecule is COc1ccc(Nc2oc(-c3ccccc3F)nc2S(=O)(=O)c2ccccc2)cc1. The fraction of sp³-hybridized carbons (Fsp3) is 0.0455. The number of benzene rings is 3. The Morgan fingerprint density at radius 2 is 1.60 bits per heavy atom. The number of rotatable bonds is 6. The molecule has 0 radical (unpaired) electrons. The van der Waals surface area contributed by atoms with E-state index in [1.54, 1.807) is 55.6 Å². The molecule has 0 saturated carbocycles. The number of nitrogens with zero attached hydrogens (tertiary/aromatic N) is 1. The first-order chi connectivity index (χ1) is 14.5. The Balaban J connectivity index is 1.83. The van der Waals surface area contributed by atoms with Crippen LogP contribution in [0.5, 0.6) is 5.75 Å². The molecule has 0 aliphatic carbocycles. The highest BCUT2D eigenvalue weighted by molar-refractivity contribution is 7.91. The maximum Gasteiger partial charge on any atom is 0.238 e. The molecule has 0 amide bonds. The van der Waals surface area contributed by atoms with Gasteiger partial charge in [-0.05, 0) is 48.5 Å². The Morgan fingerprint density at radius 3 is 2.27 bits per heavy atom. The van der Waals surface area contributed by atoms with Crippen molar-refractivity contribution in [3.8, 4) is 17.2 Å². The van der Waals surface area contributed by atoms with Crippen molar-refractivity contribution in [1.29, 1.82) is 0 Å².